The Hall–Kier alpha value is -4.55. The summed E-state index contributed by atoms with van der Waals surface area (Å²) in [7, 11) is 0. The SMILES string of the molecule is CCOC(=O)CC[C@H](NC(=O)c1ccc(NCc2cnc3nc(N)nc(N)c3n2)cc1)C(=O)OCC. The van der Waals surface area contributed by atoms with E-state index in [0.29, 0.717) is 29.0 Å². The van der Waals surface area contributed by atoms with Crippen molar-refractivity contribution in [3.63, 3.8) is 0 Å². The van der Waals surface area contributed by atoms with E-state index in [0.717, 1.165) is 5.69 Å². The second-order valence-electron chi connectivity index (χ2n) is 7.55. The van der Waals surface area contributed by atoms with Crippen LogP contribution in [0.5, 0.6) is 0 Å². The maximum Gasteiger partial charge on any atom is 0.328 e. The number of anilines is 3. The summed E-state index contributed by atoms with van der Waals surface area (Å²) in [6.45, 7) is 4.08. The van der Waals surface area contributed by atoms with Gasteiger partial charge >= 0.3 is 11.9 Å². The Balaban J connectivity index is 1.61. The molecule has 0 saturated heterocycles. The predicted octanol–water partition coefficient (Wildman–Crippen LogP) is 1.20. The van der Waals surface area contributed by atoms with Gasteiger partial charge in [-0.3, -0.25) is 9.59 Å². The maximum absolute atomic E-state index is 12.7. The Bertz CT molecular complexity index is 1240. The van der Waals surface area contributed by atoms with E-state index < -0.39 is 23.9 Å². The lowest BCUT2D eigenvalue weighted by Crippen LogP contribution is -2.42. The fourth-order valence-electron chi connectivity index (χ4n) is 3.23. The Kier molecular flexibility index (Phi) is 8.86. The molecule has 0 spiro atoms. The van der Waals surface area contributed by atoms with Crippen LogP contribution in [-0.2, 0) is 25.6 Å². The lowest BCUT2D eigenvalue weighted by molar-refractivity contribution is -0.146. The first kappa shape index (κ1) is 26.1. The summed E-state index contributed by atoms with van der Waals surface area (Å²) >= 11 is 0. The molecule has 0 unspecified atom stereocenters. The molecular formula is C23H28N8O5. The maximum atomic E-state index is 12.7. The number of aromatic nitrogens is 4. The highest BCUT2D eigenvalue weighted by atomic mass is 16.5. The molecule has 2 heterocycles. The quantitative estimate of drug-likeness (QED) is 0.277. The zero-order valence-electron chi connectivity index (χ0n) is 20.0. The minimum atomic E-state index is -0.974. The number of fused-ring (bicyclic) bond motifs is 1. The molecule has 1 atom stereocenters. The highest BCUT2D eigenvalue weighted by Crippen LogP contribution is 2.16. The summed E-state index contributed by atoms with van der Waals surface area (Å²) in [4.78, 5) is 53.1. The molecular weight excluding hydrogens is 468 g/mol. The van der Waals surface area contributed by atoms with E-state index in [2.05, 4.69) is 30.6 Å². The molecule has 13 nitrogen and oxygen atoms in total. The lowest BCUT2D eigenvalue weighted by Gasteiger charge is -2.17. The van der Waals surface area contributed by atoms with E-state index in [9.17, 15) is 14.4 Å². The van der Waals surface area contributed by atoms with Gasteiger partial charge in [0.15, 0.2) is 17.0 Å². The Morgan fingerprint density at radius 2 is 1.72 bits per heavy atom. The van der Waals surface area contributed by atoms with E-state index >= 15 is 0 Å². The third kappa shape index (κ3) is 6.98. The van der Waals surface area contributed by atoms with Gasteiger partial charge in [-0.05, 0) is 44.5 Å². The van der Waals surface area contributed by atoms with Crippen LogP contribution in [0.3, 0.4) is 0 Å². The highest BCUT2D eigenvalue weighted by molar-refractivity contribution is 5.97. The molecule has 36 heavy (non-hydrogen) atoms. The monoisotopic (exact) mass is 496 g/mol. The van der Waals surface area contributed by atoms with Gasteiger partial charge in [-0.15, -0.1) is 0 Å². The van der Waals surface area contributed by atoms with Gasteiger partial charge < -0.3 is 31.6 Å². The molecule has 6 N–H and O–H groups in total. The molecule has 1 aromatic carbocycles. The fourth-order valence-corrected chi connectivity index (χ4v) is 3.23. The van der Waals surface area contributed by atoms with Gasteiger partial charge in [-0.1, -0.05) is 0 Å². The van der Waals surface area contributed by atoms with Crippen molar-refractivity contribution < 1.29 is 23.9 Å². The van der Waals surface area contributed by atoms with Crippen LogP contribution in [0.1, 0.15) is 42.7 Å². The number of hydrogen-bond acceptors (Lipinski definition) is 12. The van der Waals surface area contributed by atoms with Crippen molar-refractivity contribution >= 4 is 46.5 Å². The number of hydrogen-bond donors (Lipinski definition) is 4. The number of carbonyl (C=O) groups excluding carboxylic acids is 3. The average Bonchev–Trinajstić information content (AvgIpc) is 2.85. The summed E-state index contributed by atoms with van der Waals surface area (Å²) < 4.78 is 9.90. The molecule has 0 bridgehead atoms. The number of esters is 2. The number of amides is 1. The lowest BCUT2D eigenvalue weighted by atomic mass is 10.1. The number of nitrogens with two attached hydrogens (primary N) is 2. The summed E-state index contributed by atoms with van der Waals surface area (Å²) in [5.74, 6) is -1.37. The second kappa shape index (κ2) is 12.2. The third-order valence-corrected chi connectivity index (χ3v) is 4.94. The van der Waals surface area contributed by atoms with Crippen molar-refractivity contribution in [2.24, 2.45) is 0 Å². The zero-order chi connectivity index (χ0) is 26.1. The van der Waals surface area contributed by atoms with E-state index in [4.69, 9.17) is 20.9 Å². The normalized spacial score (nSPS) is 11.5. The number of nitrogens with one attached hydrogen (secondary N) is 2. The van der Waals surface area contributed by atoms with Crippen LogP contribution in [0.25, 0.3) is 11.2 Å². The Morgan fingerprint density at radius 3 is 2.42 bits per heavy atom. The van der Waals surface area contributed by atoms with Crippen LogP contribution in [0.4, 0.5) is 17.5 Å². The molecule has 1 amide bonds. The van der Waals surface area contributed by atoms with Crippen LogP contribution < -0.4 is 22.1 Å². The van der Waals surface area contributed by atoms with Crippen molar-refractivity contribution in [1.82, 2.24) is 25.3 Å². The van der Waals surface area contributed by atoms with E-state index in [1.54, 1.807) is 44.3 Å². The van der Waals surface area contributed by atoms with Crippen molar-refractivity contribution in [2.45, 2.75) is 39.3 Å². The summed E-state index contributed by atoms with van der Waals surface area (Å²) in [6.07, 6.45) is 1.59. The standard InChI is InChI=1S/C23H28N8O5/c1-3-35-17(32)10-9-16(22(34)36-4-2)29-21(33)13-5-7-14(8-6-13)26-11-15-12-27-20-18(28-15)19(24)30-23(25)31-20/h5-8,12,16,26H,3-4,9-11H2,1-2H3,(H,29,33)(H4,24,25,27,30,31)/t16-/m0/s1. The van der Waals surface area contributed by atoms with Crippen molar-refractivity contribution in [3.8, 4) is 0 Å². The summed E-state index contributed by atoms with van der Waals surface area (Å²) in [5, 5.41) is 5.80. The smallest absolute Gasteiger partial charge is 0.328 e. The van der Waals surface area contributed by atoms with Gasteiger partial charge in [0.1, 0.15) is 6.04 Å². The Morgan fingerprint density at radius 1 is 1.00 bits per heavy atom. The third-order valence-electron chi connectivity index (χ3n) is 4.94. The zero-order valence-corrected chi connectivity index (χ0v) is 20.0. The first-order chi connectivity index (χ1) is 17.3. The molecule has 3 aromatic rings. The molecule has 2 aromatic heterocycles. The molecule has 13 heteroatoms. The number of benzene rings is 1. The van der Waals surface area contributed by atoms with Gasteiger partial charge in [0.05, 0.1) is 31.6 Å². The number of nitrogens with zero attached hydrogens (tertiary/aromatic N) is 4. The molecule has 3 rings (SSSR count). The van der Waals surface area contributed by atoms with Gasteiger partial charge in [0.2, 0.25) is 5.95 Å². The Labute approximate surface area is 207 Å². The molecule has 0 aliphatic carbocycles. The summed E-state index contributed by atoms with van der Waals surface area (Å²) in [6, 6.07) is 5.65. The second-order valence-corrected chi connectivity index (χ2v) is 7.55. The van der Waals surface area contributed by atoms with Crippen LogP contribution in [0.2, 0.25) is 0 Å². The number of rotatable bonds is 11. The predicted molar refractivity (Wildman–Crippen MR) is 131 cm³/mol. The summed E-state index contributed by atoms with van der Waals surface area (Å²) in [5.41, 5.74) is 13.7. The number of carbonyl (C=O) groups is 3. The topological polar surface area (TPSA) is 197 Å². The average molecular weight is 497 g/mol. The van der Waals surface area contributed by atoms with E-state index in [1.807, 2.05) is 0 Å². The molecule has 0 radical (unpaired) electrons. The van der Waals surface area contributed by atoms with Gasteiger partial charge in [0, 0.05) is 17.7 Å². The van der Waals surface area contributed by atoms with Crippen molar-refractivity contribution in [1.29, 1.82) is 0 Å². The van der Waals surface area contributed by atoms with Crippen LogP contribution >= 0.6 is 0 Å². The van der Waals surface area contributed by atoms with Gasteiger partial charge in [-0.2, -0.15) is 9.97 Å². The van der Waals surface area contributed by atoms with E-state index in [1.165, 1.54) is 0 Å². The molecule has 190 valence electrons. The number of nitrogen functional groups attached to an aromatic ring is 2. The molecule has 0 fully saturated rings. The van der Waals surface area contributed by atoms with Crippen molar-refractivity contribution in [3.05, 3.63) is 41.7 Å². The number of ether oxygens (including phenoxy) is 2. The largest absolute Gasteiger partial charge is 0.466 e. The van der Waals surface area contributed by atoms with Crippen LogP contribution in [0, 0.1) is 0 Å². The van der Waals surface area contributed by atoms with Crippen LogP contribution in [-0.4, -0.2) is 57.0 Å². The van der Waals surface area contributed by atoms with Gasteiger partial charge in [0.25, 0.3) is 5.91 Å². The van der Waals surface area contributed by atoms with Crippen molar-refractivity contribution in [2.75, 3.05) is 30.0 Å². The molecule has 0 aliphatic rings. The molecule has 0 aliphatic heterocycles. The minimum Gasteiger partial charge on any atom is -0.466 e. The fraction of sp³-hybridized carbons (Fsp3) is 0.348. The minimum absolute atomic E-state index is 0.0245. The molecule has 0 saturated carbocycles. The van der Waals surface area contributed by atoms with Crippen LogP contribution in [0.15, 0.2) is 30.5 Å². The van der Waals surface area contributed by atoms with Gasteiger partial charge in [-0.25, -0.2) is 14.8 Å². The first-order valence-corrected chi connectivity index (χ1v) is 11.3. The van der Waals surface area contributed by atoms with E-state index in [-0.39, 0.29) is 37.8 Å². The highest BCUT2D eigenvalue weighted by Gasteiger charge is 2.24. The first-order valence-electron chi connectivity index (χ1n) is 11.3.